The van der Waals surface area contributed by atoms with Crippen molar-refractivity contribution in [3.05, 3.63) is 64.7 Å². The van der Waals surface area contributed by atoms with Crippen LogP contribution in [-0.2, 0) is 0 Å². The van der Waals surface area contributed by atoms with Gasteiger partial charge in [0.25, 0.3) is 5.69 Å². The molecule has 6 nitrogen and oxygen atoms in total. The molecule has 0 N–H and O–H groups in total. The molecule has 1 aliphatic rings. The zero-order valence-corrected chi connectivity index (χ0v) is 13.5. The molecule has 0 atom stereocenters. The van der Waals surface area contributed by atoms with Gasteiger partial charge in [0.05, 0.1) is 4.92 Å². The van der Waals surface area contributed by atoms with Crippen molar-refractivity contribution in [2.24, 2.45) is 0 Å². The van der Waals surface area contributed by atoms with E-state index in [1.165, 1.54) is 0 Å². The average molecular weight is 327 g/mol. The second kappa shape index (κ2) is 7.79. The summed E-state index contributed by atoms with van der Waals surface area (Å²) in [6, 6.07) is 16.7. The Kier molecular flexibility index (Phi) is 5.28. The van der Waals surface area contributed by atoms with Crippen LogP contribution in [0.5, 0.6) is 5.75 Å². The lowest BCUT2D eigenvalue weighted by atomic mass is 10.2. The van der Waals surface area contributed by atoms with Crippen molar-refractivity contribution in [3.63, 3.8) is 0 Å². The van der Waals surface area contributed by atoms with E-state index in [0.717, 1.165) is 38.5 Å². The maximum absolute atomic E-state index is 11.2. The monoisotopic (exact) mass is 327 g/mol. The minimum absolute atomic E-state index is 0.179. The Hall–Kier alpha value is -2.60. The molecule has 0 aliphatic carbocycles. The van der Waals surface area contributed by atoms with Crippen LogP contribution in [0.4, 0.5) is 11.4 Å². The summed E-state index contributed by atoms with van der Waals surface area (Å²) in [4.78, 5) is 15.3. The smallest absolute Gasteiger partial charge is 0.292 e. The van der Waals surface area contributed by atoms with E-state index in [4.69, 9.17) is 4.74 Å². The molecule has 2 aromatic carbocycles. The van der Waals surface area contributed by atoms with E-state index in [2.05, 4.69) is 9.80 Å². The second-order valence-corrected chi connectivity index (χ2v) is 5.74. The van der Waals surface area contributed by atoms with Gasteiger partial charge >= 0.3 is 0 Å². The summed E-state index contributed by atoms with van der Waals surface area (Å²) in [6.45, 7) is 4.84. The Labute approximate surface area is 141 Å². The van der Waals surface area contributed by atoms with Crippen molar-refractivity contribution in [1.29, 1.82) is 0 Å². The number of nitro benzene ring substituents is 1. The Morgan fingerprint density at radius 2 is 1.62 bits per heavy atom. The number of hydrogen-bond donors (Lipinski definition) is 0. The Balaban J connectivity index is 1.48. The minimum atomic E-state index is -0.310. The fourth-order valence-corrected chi connectivity index (χ4v) is 2.91. The first-order valence-corrected chi connectivity index (χ1v) is 8.12. The summed E-state index contributed by atoms with van der Waals surface area (Å²) in [5.41, 5.74) is 0.890. The van der Waals surface area contributed by atoms with Gasteiger partial charge in [-0.15, -0.1) is 0 Å². The fraction of sp³-hybridized carbons (Fsp3) is 0.333. The number of nitro groups is 1. The van der Waals surface area contributed by atoms with Gasteiger partial charge in [0.2, 0.25) is 0 Å². The van der Waals surface area contributed by atoms with Crippen LogP contribution in [-0.4, -0.2) is 49.2 Å². The number of ether oxygens (including phenoxy) is 1. The van der Waals surface area contributed by atoms with Gasteiger partial charge < -0.3 is 9.64 Å². The van der Waals surface area contributed by atoms with Crippen molar-refractivity contribution in [2.45, 2.75) is 0 Å². The normalized spacial score (nSPS) is 15.2. The molecule has 0 spiro atoms. The standard InChI is InChI=1S/C18H21N3O3/c22-21(23)18-9-5-4-8-17(18)20-12-10-19(11-13-20)14-15-24-16-6-2-1-3-7-16/h1-9H,10-15H2. The molecule has 6 heteroatoms. The maximum Gasteiger partial charge on any atom is 0.292 e. The molecule has 0 unspecified atom stereocenters. The first-order valence-electron chi connectivity index (χ1n) is 8.12. The molecule has 0 amide bonds. The predicted molar refractivity (Wildman–Crippen MR) is 93.7 cm³/mol. The molecule has 0 radical (unpaired) electrons. The summed E-state index contributed by atoms with van der Waals surface area (Å²) in [5.74, 6) is 0.885. The zero-order chi connectivity index (χ0) is 16.8. The lowest BCUT2D eigenvalue weighted by Crippen LogP contribution is -2.47. The predicted octanol–water partition coefficient (Wildman–Crippen LogP) is 2.80. The summed E-state index contributed by atoms with van der Waals surface area (Å²) < 4.78 is 5.73. The number of hydrogen-bond acceptors (Lipinski definition) is 5. The van der Waals surface area contributed by atoms with Gasteiger partial charge in [-0.1, -0.05) is 30.3 Å². The summed E-state index contributed by atoms with van der Waals surface area (Å²) in [5, 5.41) is 11.2. The van der Waals surface area contributed by atoms with Crippen LogP contribution in [0.15, 0.2) is 54.6 Å². The van der Waals surface area contributed by atoms with E-state index in [-0.39, 0.29) is 10.6 Å². The summed E-state index contributed by atoms with van der Waals surface area (Å²) in [6.07, 6.45) is 0. The van der Waals surface area contributed by atoms with E-state index in [0.29, 0.717) is 12.3 Å². The second-order valence-electron chi connectivity index (χ2n) is 5.74. The zero-order valence-electron chi connectivity index (χ0n) is 13.5. The summed E-state index contributed by atoms with van der Waals surface area (Å²) >= 11 is 0. The molecule has 2 aromatic rings. The summed E-state index contributed by atoms with van der Waals surface area (Å²) in [7, 11) is 0. The lowest BCUT2D eigenvalue weighted by molar-refractivity contribution is -0.384. The van der Waals surface area contributed by atoms with Gasteiger partial charge in [-0.05, 0) is 18.2 Å². The Morgan fingerprint density at radius 1 is 0.958 bits per heavy atom. The van der Waals surface area contributed by atoms with Crippen molar-refractivity contribution < 1.29 is 9.66 Å². The molecule has 0 bridgehead atoms. The number of benzene rings is 2. The van der Waals surface area contributed by atoms with Crippen LogP contribution in [0.3, 0.4) is 0 Å². The van der Waals surface area contributed by atoms with Crippen molar-refractivity contribution in [3.8, 4) is 5.75 Å². The third-order valence-electron chi connectivity index (χ3n) is 4.21. The van der Waals surface area contributed by atoms with Crippen molar-refractivity contribution >= 4 is 11.4 Å². The maximum atomic E-state index is 11.2. The number of para-hydroxylation sites is 3. The Morgan fingerprint density at radius 3 is 2.33 bits per heavy atom. The van der Waals surface area contributed by atoms with Crippen molar-refractivity contribution in [1.82, 2.24) is 4.90 Å². The van der Waals surface area contributed by atoms with E-state index < -0.39 is 0 Å². The van der Waals surface area contributed by atoms with Crippen molar-refractivity contribution in [2.75, 3.05) is 44.2 Å². The van der Waals surface area contributed by atoms with Crippen LogP contribution in [0, 0.1) is 10.1 Å². The van der Waals surface area contributed by atoms with Gasteiger partial charge in [-0.25, -0.2) is 0 Å². The average Bonchev–Trinajstić information content (AvgIpc) is 2.63. The topological polar surface area (TPSA) is 58.9 Å². The number of piperazine rings is 1. The van der Waals surface area contributed by atoms with Gasteiger partial charge in [-0.3, -0.25) is 15.0 Å². The van der Waals surface area contributed by atoms with E-state index in [9.17, 15) is 10.1 Å². The van der Waals surface area contributed by atoms with E-state index in [1.54, 1.807) is 12.1 Å². The molecule has 0 aromatic heterocycles. The molecular weight excluding hydrogens is 306 g/mol. The molecule has 3 rings (SSSR count). The molecule has 1 aliphatic heterocycles. The first kappa shape index (κ1) is 16.3. The molecular formula is C18H21N3O3. The first-order chi connectivity index (χ1) is 11.7. The quantitative estimate of drug-likeness (QED) is 0.603. The van der Waals surface area contributed by atoms with Crippen LogP contribution < -0.4 is 9.64 Å². The Bertz CT molecular complexity index is 670. The molecule has 0 saturated carbocycles. The molecule has 1 saturated heterocycles. The largest absolute Gasteiger partial charge is 0.492 e. The van der Waals surface area contributed by atoms with Crippen LogP contribution >= 0.6 is 0 Å². The van der Waals surface area contributed by atoms with Gasteiger partial charge in [0.1, 0.15) is 18.0 Å². The van der Waals surface area contributed by atoms with E-state index in [1.807, 2.05) is 42.5 Å². The highest BCUT2D eigenvalue weighted by Crippen LogP contribution is 2.28. The SMILES string of the molecule is O=[N+]([O-])c1ccccc1N1CCN(CCOc2ccccc2)CC1. The highest BCUT2D eigenvalue weighted by atomic mass is 16.6. The molecule has 1 heterocycles. The van der Waals surface area contributed by atoms with Gasteiger partial charge in [0, 0.05) is 38.8 Å². The van der Waals surface area contributed by atoms with Gasteiger partial charge in [-0.2, -0.15) is 0 Å². The van der Waals surface area contributed by atoms with Gasteiger partial charge in [0.15, 0.2) is 0 Å². The third kappa shape index (κ3) is 4.02. The molecule has 24 heavy (non-hydrogen) atoms. The van der Waals surface area contributed by atoms with E-state index >= 15 is 0 Å². The number of nitrogens with zero attached hydrogens (tertiary/aromatic N) is 3. The molecule has 1 fully saturated rings. The number of rotatable bonds is 6. The van der Waals surface area contributed by atoms with Crippen LogP contribution in [0.2, 0.25) is 0 Å². The number of anilines is 1. The molecule has 126 valence electrons. The highest BCUT2D eigenvalue weighted by Gasteiger charge is 2.22. The fourth-order valence-electron chi connectivity index (χ4n) is 2.91. The highest BCUT2D eigenvalue weighted by molar-refractivity contribution is 5.63. The van der Waals surface area contributed by atoms with Crippen LogP contribution in [0.25, 0.3) is 0 Å². The minimum Gasteiger partial charge on any atom is -0.492 e. The van der Waals surface area contributed by atoms with Crippen LogP contribution in [0.1, 0.15) is 0 Å². The lowest BCUT2D eigenvalue weighted by Gasteiger charge is -2.35. The third-order valence-corrected chi connectivity index (χ3v) is 4.21.